The topological polar surface area (TPSA) is 69.6 Å². The summed E-state index contributed by atoms with van der Waals surface area (Å²) in [5.74, 6) is 1.61. The Bertz CT molecular complexity index is 542. The SMILES string of the molecule is C/C(=C\CSC[C@H](NC(=O)N(C)C)C(=O)O)CC/C=C(\C)CCC(C)C(C)C. The lowest BCUT2D eigenvalue weighted by Gasteiger charge is -2.17. The molecule has 162 valence electrons. The van der Waals surface area contributed by atoms with Gasteiger partial charge in [0.2, 0.25) is 0 Å². The zero-order valence-electron chi connectivity index (χ0n) is 18.7. The minimum absolute atomic E-state index is 0.353. The van der Waals surface area contributed by atoms with Crippen molar-refractivity contribution < 1.29 is 14.7 Å². The zero-order valence-corrected chi connectivity index (χ0v) is 19.6. The number of amides is 2. The van der Waals surface area contributed by atoms with Crippen LogP contribution >= 0.6 is 11.8 Å². The molecule has 0 aliphatic carbocycles. The molecule has 2 atom stereocenters. The van der Waals surface area contributed by atoms with Crippen molar-refractivity contribution >= 4 is 23.8 Å². The van der Waals surface area contributed by atoms with E-state index in [1.807, 2.05) is 0 Å². The third-order valence-corrected chi connectivity index (χ3v) is 5.97. The third-order valence-electron chi connectivity index (χ3n) is 5.00. The first kappa shape index (κ1) is 26.6. The summed E-state index contributed by atoms with van der Waals surface area (Å²) < 4.78 is 0. The first-order chi connectivity index (χ1) is 13.0. The van der Waals surface area contributed by atoms with Crippen molar-refractivity contribution in [2.24, 2.45) is 11.8 Å². The van der Waals surface area contributed by atoms with Crippen LogP contribution in [0.4, 0.5) is 4.79 Å². The molecule has 5 nitrogen and oxygen atoms in total. The van der Waals surface area contributed by atoms with Gasteiger partial charge >= 0.3 is 12.0 Å². The molecule has 0 radical (unpaired) electrons. The van der Waals surface area contributed by atoms with Crippen LogP contribution in [0.5, 0.6) is 0 Å². The number of allylic oxidation sites excluding steroid dienone is 3. The smallest absolute Gasteiger partial charge is 0.327 e. The van der Waals surface area contributed by atoms with Crippen LogP contribution in [0.3, 0.4) is 0 Å². The first-order valence-electron chi connectivity index (χ1n) is 10.1. The van der Waals surface area contributed by atoms with Crippen LogP contribution in [-0.4, -0.2) is 53.6 Å². The summed E-state index contributed by atoms with van der Waals surface area (Å²) in [7, 11) is 3.18. The Morgan fingerprint density at radius 2 is 1.68 bits per heavy atom. The molecule has 0 fully saturated rings. The van der Waals surface area contributed by atoms with Gasteiger partial charge in [-0.05, 0) is 51.4 Å². The molecule has 6 heteroatoms. The summed E-state index contributed by atoms with van der Waals surface area (Å²) in [6.07, 6.45) is 8.99. The van der Waals surface area contributed by atoms with Crippen molar-refractivity contribution in [3.8, 4) is 0 Å². The van der Waals surface area contributed by atoms with Crippen molar-refractivity contribution in [2.45, 2.75) is 66.3 Å². The highest BCUT2D eigenvalue weighted by atomic mass is 32.2. The molecule has 0 aromatic rings. The van der Waals surface area contributed by atoms with Crippen LogP contribution in [0, 0.1) is 11.8 Å². The second kappa shape index (κ2) is 14.6. The van der Waals surface area contributed by atoms with Crippen molar-refractivity contribution in [2.75, 3.05) is 25.6 Å². The standard InChI is InChI=1S/C22H40N2O3S/c1-16(2)19(5)12-11-17(3)9-8-10-18(4)13-14-28-15-20(21(25)26)23-22(27)24(6)7/h9,13,16,19-20H,8,10-12,14-15H2,1-7H3,(H,23,27)(H,25,26)/b17-9+,18-13+/t19?,20-/m0/s1. The van der Waals surface area contributed by atoms with Gasteiger partial charge in [-0.25, -0.2) is 9.59 Å². The van der Waals surface area contributed by atoms with Gasteiger partial charge < -0.3 is 15.3 Å². The summed E-state index contributed by atoms with van der Waals surface area (Å²) in [5.41, 5.74) is 2.78. The van der Waals surface area contributed by atoms with Gasteiger partial charge in [0.05, 0.1) is 0 Å². The van der Waals surface area contributed by atoms with Gasteiger partial charge in [0, 0.05) is 25.6 Å². The molecule has 0 aliphatic rings. The van der Waals surface area contributed by atoms with Gasteiger partial charge in [-0.2, -0.15) is 11.8 Å². The third kappa shape index (κ3) is 12.9. The van der Waals surface area contributed by atoms with Gasteiger partial charge in [-0.1, -0.05) is 44.1 Å². The number of carboxylic acids is 1. The van der Waals surface area contributed by atoms with E-state index < -0.39 is 12.0 Å². The summed E-state index contributed by atoms with van der Waals surface area (Å²) in [6.45, 7) is 11.2. The number of carbonyl (C=O) groups excluding carboxylic acids is 1. The molecule has 2 N–H and O–H groups in total. The number of rotatable bonds is 13. The van der Waals surface area contributed by atoms with Crippen molar-refractivity contribution in [1.29, 1.82) is 0 Å². The van der Waals surface area contributed by atoms with E-state index in [1.165, 1.54) is 40.6 Å². The van der Waals surface area contributed by atoms with Crippen molar-refractivity contribution in [3.05, 3.63) is 23.3 Å². The Morgan fingerprint density at radius 1 is 1.07 bits per heavy atom. The Morgan fingerprint density at radius 3 is 2.21 bits per heavy atom. The summed E-state index contributed by atoms with van der Waals surface area (Å²) in [5, 5.41) is 11.7. The van der Waals surface area contributed by atoms with E-state index in [0.29, 0.717) is 5.75 Å². The Kier molecular flexibility index (Phi) is 13.8. The molecule has 0 aromatic heterocycles. The minimum atomic E-state index is -1.00. The number of hydrogen-bond donors (Lipinski definition) is 2. The van der Waals surface area contributed by atoms with Crippen LogP contribution in [-0.2, 0) is 4.79 Å². The molecule has 2 amide bonds. The average Bonchev–Trinajstić information content (AvgIpc) is 2.61. The monoisotopic (exact) mass is 412 g/mol. The van der Waals surface area contributed by atoms with E-state index in [1.54, 1.807) is 14.1 Å². The molecular formula is C22H40N2O3S. The normalized spacial score (nSPS) is 14.7. The predicted octanol–water partition coefficient (Wildman–Crippen LogP) is 5.19. The number of urea groups is 1. The van der Waals surface area contributed by atoms with Crippen LogP contribution in [0.25, 0.3) is 0 Å². The van der Waals surface area contributed by atoms with E-state index in [2.05, 4.69) is 52.1 Å². The number of carboxylic acid groups (broad SMARTS) is 1. The molecular weight excluding hydrogens is 372 g/mol. The second-order valence-electron chi connectivity index (χ2n) is 8.17. The molecule has 0 saturated heterocycles. The molecule has 28 heavy (non-hydrogen) atoms. The predicted molar refractivity (Wildman–Crippen MR) is 121 cm³/mol. The second-order valence-corrected chi connectivity index (χ2v) is 9.25. The first-order valence-corrected chi connectivity index (χ1v) is 11.3. The quantitative estimate of drug-likeness (QED) is 0.323. The maximum atomic E-state index is 11.6. The zero-order chi connectivity index (χ0) is 21.7. The summed E-state index contributed by atoms with van der Waals surface area (Å²) in [6, 6.07) is -1.25. The van der Waals surface area contributed by atoms with Gasteiger partial charge in [0.15, 0.2) is 0 Å². The van der Waals surface area contributed by atoms with E-state index >= 15 is 0 Å². The largest absolute Gasteiger partial charge is 0.480 e. The fourth-order valence-electron chi connectivity index (χ4n) is 2.38. The van der Waals surface area contributed by atoms with Gasteiger partial charge in [-0.3, -0.25) is 0 Å². The number of hydrogen-bond acceptors (Lipinski definition) is 3. The van der Waals surface area contributed by atoms with Gasteiger partial charge in [0.25, 0.3) is 0 Å². The van der Waals surface area contributed by atoms with Crippen LogP contribution in [0.2, 0.25) is 0 Å². The molecule has 0 aromatic carbocycles. The van der Waals surface area contributed by atoms with Crippen LogP contribution < -0.4 is 5.32 Å². The highest BCUT2D eigenvalue weighted by Crippen LogP contribution is 2.19. The lowest BCUT2D eigenvalue weighted by molar-refractivity contribution is -0.138. The van der Waals surface area contributed by atoms with Gasteiger partial charge in [0.1, 0.15) is 6.04 Å². The Balaban J connectivity index is 4.19. The maximum absolute atomic E-state index is 11.6. The van der Waals surface area contributed by atoms with Crippen LogP contribution in [0.15, 0.2) is 23.3 Å². The fraction of sp³-hybridized carbons (Fsp3) is 0.727. The highest BCUT2D eigenvalue weighted by Gasteiger charge is 2.20. The van der Waals surface area contributed by atoms with E-state index in [0.717, 1.165) is 30.4 Å². The van der Waals surface area contributed by atoms with Gasteiger partial charge in [-0.15, -0.1) is 0 Å². The maximum Gasteiger partial charge on any atom is 0.327 e. The van der Waals surface area contributed by atoms with E-state index in [-0.39, 0.29) is 6.03 Å². The molecule has 0 saturated carbocycles. The van der Waals surface area contributed by atoms with Crippen LogP contribution in [0.1, 0.15) is 60.3 Å². The number of carbonyl (C=O) groups is 2. The summed E-state index contributed by atoms with van der Waals surface area (Å²) >= 11 is 1.52. The fourth-order valence-corrected chi connectivity index (χ4v) is 3.38. The number of nitrogens with one attached hydrogen (secondary N) is 1. The van der Waals surface area contributed by atoms with E-state index in [9.17, 15) is 14.7 Å². The minimum Gasteiger partial charge on any atom is -0.480 e. The lowest BCUT2D eigenvalue weighted by atomic mass is 9.91. The number of nitrogens with zero attached hydrogens (tertiary/aromatic N) is 1. The van der Waals surface area contributed by atoms with Crippen molar-refractivity contribution in [3.63, 3.8) is 0 Å². The average molecular weight is 413 g/mol. The lowest BCUT2D eigenvalue weighted by Crippen LogP contribution is -2.46. The molecule has 0 heterocycles. The molecule has 1 unspecified atom stereocenters. The number of thioether (sulfide) groups is 1. The summed E-state index contributed by atoms with van der Waals surface area (Å²) in [4.78, 5) is 24.2. The number of aliphatic carboxylic acids is 1. The Labute approximate surface area is 176 Å². The molecule has 0 rings (SSSR count). The molecule has 0 aliphatic heterocycles. The van der Waals surface area contributed by atoms with E-state index in [4.69, 9.17) is 0 Å². The molecule has 0 bridgehead atoms. The Hall–Kier alpha value is -1.43. The van der Waals surface area contributed by atoms with Crippen molar-refractivity contribution in [1.82, 2.24) is 10.2 Å². The molecule has 0 spiro atoms. The highest BCUT2D eigenvalue weighted by molar-refractivity contribution is 7.99.